The van der Waals surface area contributed by atoms with Gasteiger partial charge in [0.2, 0.25) is 0 Å². The third kappa shape index (κ3) is 5.84. The lowest BCUT2D eigenvalue weighted by Gasteiger charge is -2.10. The molecule has 9 aromatic carbocycles. The molecule has 0 N–H and O–H groups in total. The van der Waals surface area contributed by atoms with Crippen LogP contribution in [0.1, 0.15) is 45.2 Å². The van der Waals surface area contributed by atoms with Crippen molar-refractivity contribution in [2.45, 2.75) is 0 Å². The summed E-state index contributed by atoms with van der Waals surface area (Å²) in [4.78, 5) is 13.1. The van der Waals surface area contributed by atoms with Crippen LogP contribution in [0.5, 0.6) is 0 Å². The average molecular weight is 841 g/mol. The van der Waals surface area contributed by atoms with Crippen molar-refractivity contribution in [3.63, 3.8) is 0 Å². The van der Waals surface area contributed by atoms with E-state index in [0.717, 1.165) is 0 Å². The summed E-state index contributed by atoms with van der Waals surface area (Å²) in [6.07, 6.45) is 0. The van der Waals surface area contributed by atoms with Gasteiger partial charge in [0.05, 0.1) is 45.2 Å². The summed E-state index contributed by atoms with van der Waals surface area (Å²) in [5, 5.41) is -3.33. The first-order valence-corrected chi connectivity index (χ1v) is 18.3. The van der Waals surface area contributed by atoms with Gasteiger partial charge < -0.3 is 13.3 Å². The van der Waals surface area contributed by atoms with Crippen LogP contribution in [0.2, 0.25) is 0 Å². The van der Waals surface area contributed by atoms with Crippen molar-refractivity contribution < 1.29 is 58.5 Å². The molecule has 0 aliphatic carbocycles. The maximum absolute atomic E-state index is 10.1. The molecule has 6 heteroatoms. The molecule has 0 saturated heterocycles. The van der Waals surface area contributed by atoms with Gasteiger partial charge in [0.25, 0.3) is 0 Å². The molecule has 13 aromatic rings. The van der Waals surface area contributed by atoms with Crippen LogP contribution >= 0.6 is 0 Å². The number of furan rings is 3. The summed E-state index contributed by atoms with van der Waals surface area (Å²) < 4.78 is 314. The van der Waals surface area contributed by atoms with Crippen molar-refractivity contribution >= 4 is 65.8 Å². The van der Waals surface area contributed by atoms with E-state index in [2.05, 4.69) is 15.0 Å². The van der Waals surface area contributed by atoms with Crippen LogP contribution in [0, 0.1) is 0 Å². The van der Waals surface area contributed by atoms with Crippen LogP contribution < -0.4 is 0 Å². The van der Waals surface area contributed by atoms with Gasteiger partial charge >= 0.3 is 0 Å². The van der Waals surface area contributed by atoms with Crippen LogP contribution in [-0.4, -0.2) is 15.0 Å². The van der Waals surface area contributed by atoms with Gasteiger partial charge in [-0.3, -0.25) is 0 Å². The summed E-state index contributed by atoms with van der Waals surface area (Å²) >= 11 is 0. The molecule has 0 aliphatic rings. The molecule has 63 heavy (non-hydrogen) atoms. The Morgan fingerprint density at radius 1 is 0.270 bits per heavy atom. The second kappa shape index (κ2) is 14.0. The van der Waals surface area contributed by atoms with E-state index in [-0.39, 0.29) is 5.39 Å². The minimum Gasteiger partial charge on any atom is -0.456 e. The Morgan fingerprint density at radius 2 is 0.714 bits per heavy atom. The zero-order chi connectivity index (χ0) is 70.2. The molecule has 6 nitrogen and oxygen atoms in total. The molecular formula is C57H33N3O3. The third-order valence-corrected chi connectivity index (χ3v) is 9.71. The second-order valence-electron chi connectivity index (χ2n) is 13.3. The monoisotopic (exact) mass is 840 g/mol. The van der Waals surface area contributed by atoms with Gasteiger partial charge in [0.1, 0.15) is 33.5 Å². The lowest BCUT2D eigenvalue weighted by atomic mass is 9.95. The zero-order valence-corrected chi connectivity index (χ0v) is 31.1. The molecule has 0 fully saturated rings. The first-order chi connectivity index (χ1) is 45.0. The summed E-state index contributed by atoms with van der Waals surface area (Å²) in [6, 6.07) is -30.5. The van der Waals surface area contributed by atoms with E-state index in [4.69, 9.17) is 42.0 Å². The molecule has 0 aliphatic heterocycles. The van der Waals surface area contributed by atoms with E-state index in [9.17, 15) is 16.4 Å². The number of hydrogen-bond donors (Lipinski definition) is 0. The van der Waals surface area contributed by atoms with Crippen LogP contribution in [0.3, 0.4) is 0 Å². The van der Waals surface area contributed by atoms with Crippen LogP contribution in [0.15, 0.2) is 213 Å². The molecule has 0 spiro atoms. The van der Waals surface area contributed by atoms with Gasteiger partial charge in [-0.05, 0) is 87.8 Å². The number of fused-ring (bicyclic) bond motifs is 9. The molecule has 4 heterocycles. The summed E-state index contributed by atoms with van der Waals surface area (Å²) in [7, 11) is 0. The van der Waals surface area contributed by atoms with Gasteiger partial charge in [0.15, 0.2) is 17.5 Å². The Kier molecular flexibility index (Phi) is 3.48. The second-order valence-corrected chi connectivity index (χ2v) is 13.3. The van der Waals surface area contributed by atoms with E-state index in [1.54, 1.807) is 0 Å². The molecule has 4 aromatic heterocycles. The standard InChI is InChI=1S/C57H33N3O3/c1-3-11-34(12-4-1)35-21-23-37(24-22-35)56-58-55(36-13-5-2-6-14-36)59-57(60-56)44-17-10-20-51-54(44)46-32-40(27-30-49(46)62-51)41-16-9-19-50-53(41)45-31-38(26-29-48(45)61-50)39-25-28-43-42-15-7-8-18-47(42)63-52(43)33-39/h1-33H/i1D,2D,3D,4D,5D,6D,7D,8D,9D,10D,11D,12D,13D,14D,15D,16D,17D,18D,19D,20D,21D,22D,23D,24D,25D,26D,27D,28D,29D,30D,31D,32D,33D. The van der Waals surface area contributed by atoms with Crippen LogP contribution in [-0.2, 0) is 0 Å². The number of rotatable bonds is 6. The van der Waals surface area contributed by atoms with Gasteiger partial charge in [-0.1, -0.05) is 145 Å². The molecule has 294 valence electrons. The topological polar surface area (TPSA) is 78.1 Å². The highest BCUT2D eigenvalue weighted by Crippen LogP contribution is 2.43. The molecular weight excluding hydrogens is 775 g/mol. The van der Waals surface area contributed by atoms with Crippen LogP contribution in [0.4, 0.5) is 0 Å². The van der Waals surface area contributed by atoms with Crippen molar-refractivity contribution in [3.8, 4) is 67.5 Å². The maximum atomic E-state index is 10.1. The number of para-hydroxylation sites is 1. The lowest BCUT2D eigenvalue weighted by molar-refractivity contribution is 0.668. The summed E-state index contributed by atoms with van der Waals surface area (Å²) in [6.45, 7) is 0. The Morgan fingerprint density at radius 3 is 1.44 bits per heavy atom. The Bertz CT molecular complexity index is 5810. The highest BCUT2D eigenvalue weighted by atomic mass is 16.3. The van der Waals surface area contributed by atoms with Gasteiger partial charge in [-0.2, -0.15) is 0 Å². The Labute approximate surface area is 406 Å². The quantitative estimate of drug-likeness (QED) is 0.166. The molecule has 0 amide bonds. The number of benzene rings is 9. The van der Waals surface area contributed by atoms with Crippen molar-refractivity contribution in [2.75, 3.05) is 0 Å². The predicted molar refractivity (Wildman–Crippen MR) is 254 cm³/mol. The normalized spacial score (nSPS) is 19.1. The van der Waals surface area contributed by atoms with Crippen molar-refractivity contribution in [1.29, 1.82) is 0 Å². The fraction of sp³-hybridized carbons (Fsp3) is 0. The molecule has 0 radical (unpaired) electrons. The van der Waals surface area contributed by atoms with Crippen molar-refractivity contribution in [3.05, 3.63) is 199 Å². The third-order valence-electron chi connectivity index (χ3n) is 9.71. The van der Waals surface area contributed by atoms with E-state index >= 15 is 0 Å². The summed E-state index contributed by atoms with van der Waals surface area (Å²) in [5.41, 5.74) is -11.1. The molecule has 13 rings (SSSR count). The molecule has 0 unspecified atom stereocenters. The average Bonchev–Trinajstić information content (AvgIpc) is 1.50. The van der Waals surface area contributed by atoms with Gasteiger partial charge in [-0.25, -0.2) is 15.0 Å². The highest BCUT2D eigenvalue weighted by Gasteiger charge is 2.20. The number of hydrogen-bond acceptors (Lipinski definition) is 6. The minimum absolute atomic E-state index is 0.362. The lowest BCUT2D eigenvalue weighted by Crippen LogP contribution is -2.00. The van der Waals surface area contributed by atoms with Crippen molar-refractivity contribution in [1.82, 2.24) is 15.0 Å². The summed E-state index contributed by atoms with van der Waals surface area (Å²) in [5.74, 6) is -2.79. The van der Waals surface area contributed by atoms with Gasteiger partial charge in [-0.15, -0.1) is 0 Å². The number of aromatic nitrogens is 3. The van der Waals surface area contributed by atoms with Crippen LogP contribution in [0.25, 0.3) is 133 Å². The maximum Gasteiger partial charge on any atom is 0.164 e. The minimum atomic E-state index is -1.07. The van der Waals surface area contributed by atoms with Gasteiger partial charge in [0, 0.05) is 49.0 Å². The predicted octanol–water partition coefficient (Wildman–Crippen LogP) is 15.6. The SMILES string of the molecule is [2H]c1c([2H])c([2H])c(-c2nc(-c3c([2H])c([2H])c(-c4c([2H])c([2H])c([2H])c([2H])c4[2H])c([2H])c3[2H])nc(-c3c([2H])c([2H])c([2H])c4oc5c([2H])c([2H])c(-c6c([2H])c([2H])c([2H])c7oc8c([2H])c([2H])c(-c9c([2H])c([2H])c%10c(oc%11c([2H])c([2H])c([2H])c([2H])c%11%10)c9[2H])c([2H])c8c67)c([2H])c5c34)n2)c([2H])c1[2H]. The first-order valence-electron chi connectivity index (χ1n) is 34.8. The molecule has 0 saturated carbocycles. The Balaban J connectivity index is 1.14. The van der Waals surface area contributed by atoms with E-state index < -0.39 is 327 Å². The van der Waals surface area contributed by atoms with E-state index in [1.165, 1.54) is 0 Å². The van der Waals surface area contributed by atoms with E-state index in [1.807, 2.05) is 0 Å². The molecule has 0 bridgehead atoms. The largest absolute Gasteiger partial charge is 0.456 e. The van der Waals surface area contributed by atoms with Crippen molar-refractivity contribution in [2.24, 2.45) is 0 Å². The highest BCUT2D eigenvalue weighted by molar-refractivity contribution is 6.16. The Hall–Kier alpha value is -8.61. The first kappa shape index (κ1) is 15.7. The fourth-order valence-electron chi connectivity index (χ4n) is 6.93. The zero-order valence-electron chi connectivity index (χ0n) is 64.1. The van der Waals surface area contributed by atoms with E-state index in [0.29, 0.717) is 0 Å². The smallest absolute Gasteiger partial charge is 0.164 e. The fourth-order valence-corrected chi connectivity index (χ4v) is 6.93. The number of nitrogens with zero attached hydrogens (tertiary/aromatic N) is 3. The molecule has 0 atom stereocenters.